The molecule has 3 rings (SSSR count). The van der Waals surface area contributed by atoms with E-state index in [-0.39, 0.29) is 5.91 Å². The maximum absolute atomic E-state index is 12.8. The van der Waals surface area contributed by atoms with Gasteiger partial charge >= 0.3 is 0 Å². The van der Waals surface area contributed by atoms with Gasteiger partial charge in [-0.1, -0.05) is 29.8 Å². The molecule has 2 heterocycles. The Labute approximate surface area is 156 Å². The highest BCUT2D eigenvalue weighted by Gasteiger charge is 2.19. The summed E-state index contributed by atoms with van der Waals surface area (Å²) in [4.78, 5) is 14.3. The second-order valence-electron chi connectivity index (χ2n) is 7.26. The van der Waals surface area contributed by atoms with Crippen LogP contribution in [0, 0.1) is 20.8 Å². The van der Waals surface area contributed by atoms with Crippen LogP contribution in [0.2, 0.25) is 0 Å². The summed E-state index contributed by atoms with van der Waals surface area (Å²) < 4.78 is 7.51. The highest BCUT2D eigenvalue weighted by molar-refractivity contribution is 5.94. The first kappa shape index (κ1) is 18.7. The number of hydrogen-bond donors (Lipinski definition) is 2. The third kappa shape index (κ3) is 4.54. The summed E-state index contributed by atoms with van der Waals surface area (Å²) >= 11 is 0. The summed E-state index contributed by atoms with van der Waals surface area (Å²) in [6.45, 7) is 12.2. The Hall–Kier alpha value is -2.11. The van der Waals surface area contributed by atoms with Crippen LogP contribution >= 0.6 is 0 Å². The van der Waals surface area contributed by atoms with E-state index in [0.29, 0.717) is 6.54 Å². The van der Waals surface area contributed by atoms with Gasteiger partial charge in [-0.25, -0.2) is 0 Å². The fraction of sp³-hybridized carbons (Fsp3) is 0.476. The zero-order chi connectivity index (χ0) is 18.5. The van der Waals surface area contributed by atoms with Crippen molar-refractivity contribution >= 4 is 5.91 Å². The molecule has 1 aromatic heterocycles. The molecular weight excluding hydrogens is 326 g/mol. The van der Waals surface area contributed by atoms with Crippen LogP contribution in [0.15, 0.2) is 30.3 Å². The fourth-order valence-corrected chi connectivity index (χ4v) is 3.69. The number of nitrogens with zero attached hydrogens (tertiary/aromatic N) is 1. The molecule has 1 amide bonds. The first-order valence-electron chi connectivity index (χ1n) is 9.46. The van der Waals surface area contributed by atoms with Gasteiger partial charge in [0.2, 0.25) is 0 Å². The van der Waals surface area contributed by atoms with Gasteiger partial charge in [0, 0.05) is 12.2 Å². The lowest BCUT2D eigenvalue weighted by atomic mass is 10.1. The van der Waals surface area contributed by atoms with Crippen molar-refractivity contribution in [2.75, 3.05) is 39.4 Å². The maximum atomic E-state index is 12.8. The molecule has 0 saturated carbocycles. The summed E-state index contributed by atoms with van der Waals surface area (Å²) in [6, 6.07) is 10.6. The number of hydrogen-bond acceptors (Lipinski definition) is 2. The lowest BCUT2D eigenvalue weighted by Gasteiger charge is -2.23. The number of aromatic nitrogens is 1. The Balaban J connectivity index is 1.67. The first-order valence-corrected chi connectivity index (χ1v) is 9.46. The van der Waals surface area contributed by atoms with Crippen molar-refractivity contribution in [3.05, 3.63) is 58.4 Å². The van der Waals surface area contributed by atoms with Crippen molar-refractivity contribution in [2.45, 2.75) is 27.3 Å². The van der Waals surface area contributed by atoms with Crippen LogP contribution in [-0.4, -0.2) is 49.9 Å². The first-order chi connectivity index (χ1) is 12.5. The molecule has 0 radical (unpaired) electrons. The minimum Gasteiger partial charge on any atom is -0.370 e. The molecule has 1 saturated heterocycles. The average Bonchev–Trinajstić information content (AvgIpc) is 2.89. The zero-order valence-corrected chi connectivity index (χ0v) is 16.1. The van der Waals surface area contributed by atoms with E-state index >= 15 is 0 Å². The molecule has 1 aliphatic heterocycles. The number of quaternary nitrogens is 1. The van der Waals surface area contributed by atoms with Crippen LogP contribution < -0.4 is 10.2 Å². The van der Waals surface area contributed by atoms with E-state index in [4.69, 9.17) is 4.74 Å². The number of benzene rings is 1. The van der Waals surface area contributed by atoms with Crippen LogP contribution in [0.1, 0.15) is 32.9 Å². The second kappa shape index (κ2) is 8.52. The van der Waals surface area contributed by atoms with Gasteiger partial charge in [0.1, 0.15) is 18.8 Å². The van der Waals surface area contributed by atoms with Crippen molar-refractivity contribution in [1.29, 1.82) is 0 Å². The average molecular weight is 356 g/mol. The molecule has 0 atom stereocenters. The molecule has 26 heavy (non-hydrogen) atoms. The van der Waals surface area contributed by atoms with Crippen LogP contribution in [0.25, 0.3) is 0 Å². The van der Waals surface area contributed by atoms with Gasteiger partial charge in [-0.3, -0.25) is 4.79 Å². The Morgan fingerprint density at radius 2 is 1.96 bits per heavy atom. The van der Waals surface area contributed by atoms with E-state index in [9.17, 15) is 4.79 Å². The van der Waals surface area contributed by atoms with Crippen LogP contribution in [0.5, 0.6) is 0 Å². The summed E-state index contributed by atoms with van der Waals surface area (Å²) in [5.41, 5.74) is 5.39. The minimum absolute atomic E-state index is 0.0240. The number of amides is 1. The Morgan fingerprint density at radius 3 is 2.69 bits per heavy atom. The van der Waals surface area contributed by atoms with Crippen molar-refractivity contribution < 1.29 is 14.4 Å². The summed E-state index contributed by atoms with van der Waals surface area (Å²) in [6.07, 6.45) is 0. The molecule has 5 heteroatoms. The molecule has 0 unspecified atom stereocenters. The van der Waals surface area contributed by atoms with Gasteiger partial charge in [-0.15, -0.1) is 0 Å². The maximum Gasteiger partial charge on any atom is 0.268 e. The monoisotopic (exact) mass is 356 g/mol. The van der Waals surface area contributed by atoms with Gasteiger partial charge in [-0.2, -0.15) is 0 Å². The predicted molar refractivity (Wildman–Crippen MR) is 103 cm³/mol. The predicted octanol–water partition coefficient (Wildman–Crippen LogP) is 1.11. The molecule has 5 nitrogen and oxygen atoms in total. The van der Waals surface area contributed by atoms with Gasteiger partial charge in [-0.05, 0) is 38.0 Å². The van der Waals surface area contributed by atoms with E-state index in [1.807, 2.05) is 6.92 Å². The SMILES string of the molecule is Cc1cccc(Cn2c(C)cc(C)c2C(=O)NCC[NH+]2CCOCC2)c1. The van der Waals surface area contributed by atoms with Crippen molar-refractivity contribution in [1.82, 2.24) is 9.88 Å². The third-order valence-electron chi connectivity index (χ3n) is 5.10. The van der Waals surface area contributed by atoms with Crippen molar-refractivity contribution in [2.24, 2.45) is 0 Å². The summed E-state index contributed by atoms with van der Waals surface area (Å²) in [5.74, 6) is 0.0240. The fourth-order valence-electron chi connectivity index (χ4n) is 3.69. The lowest BCUT2D eigenvalue weighted by molar-refractivity contribution is -0.906. The highest BCUT2D eigenvalue weighted by atomic mass is 16.5. The number of morpholine rings is 1. The molecule has 1 aliphatic rings. The largest absolute Gasteiger partial charge is 0.370 e. The molecule has 0 aliphatic carbocycles. The number of carbonyl (C=O) groups excluding carboxylic acids is 1. The van der Waals surface area contributed by atoms with E-state index < -0.39 is 0 Å². The number of aryl methyl sites for hydroxylation is 3. The van der Waals surface area contributed by atoms with Crippen LogP contribution in [-0.2, 0) is 11.3 Å². The number of rotatable bonds is 6. The Morgan fingerprint density at radius 1 is 1.19 bits per heavy atom. The molecule has 1 fully saturated rings. The Bertz CT molecular complexity index is 761. The zero-order valence-electron chi connectivity index (χ0n) is 16.1. The minimum atomic E-state index is 0.0240. The molecule has 1 aromatic carbocycles. The van der Waals surface area contributed by atoms with E-state index in [2.05, 4.69) is 54.1 Å². The number of nitrogens with one attached hydrogen (secondary N) is 2. The normalized spacial score (nSPS) is 15.2. The molecule has 2 N–H and O–H groups in total. The Kier molecular flexibility index (Phi) is 6.12. The molecule has 0 bridgehead atoms. The summed E-state index contributed by atoms with van der Waals surface area (Å²) in [5, 5.41) is 3.12. The quantitative estimate of drug-likeness (QED) is 0.815. The van der Waals surface area contributed by atoms with Crippen molar-refractivity contribution in [3.63, 3.8) is 0 Å². The highest BCUT2D eigenvalue weighted by Crippen LogP contribution is 2.17. The van der Waals surface area contributed by atoms with E-state index in [1.165, 1.54) is 16.0 Å². The van der Waals surface area contributed by atoms with Gasteiger partial charge in [0.25, 0.3) is 5.91 Å². The molecular formula is C21H30N3O2+. The third-order valence-corrected chi connectivity index (χ3v) is 5.10. The topological polar surface area (TPSA) is 47.7 Å². The number of carbonyl (C=O) groups is 1. The molecule has 2 aromatic rings. The van der Waals surface area contributed by atoms with Crippen LogP contribution in [0.4, 0.5) is 0 Å². The molecule has 140 valence electrons. The van der Waals surface area contributed by atoms with E-state index in [0.717, 1.165) is 56.3 Å². The standard InChI is InChI=1S/C21H29N3O2/c1-16-5-4-6-19(13-16)15-24-18(3)14-17(2)20(24)21(25)22-7-8-23-9-11-26-12-10-23/h4-6,13-14H,7-12,15H2,1-3H3,(H,22,25)/p+1. The van der Waals surface area contributed by atoms with Crippen LogP contribution in [0.3, 0.4) is 0 Å². The van der Waals surface area contributed by atoms with E-state index in [1.54, 1.807) is 0 Å². The second-order valence-corrected chi connectivity index (χ2v) is 7.26. The van der Waals surface area contributed by atoms with Gasteiger partial charge < -0.3 is 19.5 Å². The van der Waals surface area contributed by atoms with Crippen molar-refractivity contribution in [3.8, 4) is 0 Å². The summed E-state index contributed by atoms with van der Waals surface area (Å²) in [7, 11) is 0. The number of ether oxygens (including phenoxy) is 1. The van der Waals surface area contributed by atoms with Gasteiger partial charge in [0.15, 0.2) is 0 Å². The van der Waals surface area contributed by atoms with Gasteiger partial charge in [0.05, 0.1) is 26.3 Å². The lowest BCUT2D eigenvalue weighted by Crippen LogP contribution is -3.14. The smallest absolute Gasteiger partial charge is 0.268 e. The molecule has 0 spiro atoms.